The Morgan fingerprint density at radius 1 is 1.21 bits per heavy atom. The van der Waals surface area contributed by atoms with Crippen LogP contribution in [0.4, 0.5) is 9.18 Å². The lowest BCUT2D eigenvalue weighted by Crippen LogP contribution is -2.51. The highest BCUT2D eigenvalue weighted by atomic mass is 19.1. The number of fused-ring (bicyclic) bond motifs is 2. The molecule has 8 heteroatoms. The van der Waals surface area contributed by atoms with Crippen LogP contribution in [0, 0.1) is 29.0 Å². The van der Waals surface area contributed by atoms with Crippen molar-refractivity contribution < 1.29 is 23.5 Å². The number of ether oxygens (including phenoxy) is 2. The fraction of sp³-hybridized carbons (Fsp3) is 0.710. The first-order valence-corrected chi connectivity index (χ1v) is 14.7. The third kappa shape index (κ3) is 6.30. The van der Waals surface area contributed by atoms with E-state index in [1.54, 1.807) is 17.0 Å². The first-order chi connectivity index (χ1) is 18.6. The Kier molecular flexibility index (Phi) is 8.30. The second-order valence-corrected chi connectivity index (χ2v) is 13.0. The van der Waals surface area contributed by atoms with E-state index in [9.17, 15) is 14.9 Å². The minimum Gasteiger partial charge on any atom is -0.444 e. The Bertz CT molecular complexity index is 1110. The molecule has 3 heterocycles. The molecule has 0 radical (unpaired) electrons. The molecular formula is C31H42FN3O4. The number of likely N-dealkylation sites (tertiary alicyclic amines) is 2. The van der Waals surface area contributed by atoms with Crippen molar-refractivity contribution in [1.82, 2.24) is 9.80 Å². The maximum atomic E-state index is 15.3. The van der Waals surface area contributed by atoms with Crippen molar-refractivity contribution in [2.75, 3.05) is 26.3 Å². The third-order valence-corrected chi connectivity index (χ3v) is 9.04. The zero-order chi connectivity index (χ0) is 27.7. The predicted octanol–water partition coefficient (Wildman–Crippen LogP) is 5.22. The lowest BCUT2D eigenvalue weighted by molar-refractivity contribution is -0.126. The molecule has 39 heavy (non-hydrogen) atoms. The third-order valence-electron chi connectivity index (χ3n) is 9.04. The van der Waals surface area contributed by atoms with E-state index in [0.29, 0.717) is 11.6 Å². The zero-order valence-electron chi connectivity index (χ0n) is 23.5. The summed E-state index contributed by atoms with van der Waals surface area (Å²) in [5, 5.41) is 9.88. The molecular weight excluding hydrogens is 497 g/mol. The van der Waals surface area contributed by atoms with Gasteiger partial charge in [-0.15, -0.1) is 0 Å². The van der Waals surface area contributed by atoms with Crippen LogP contribution in [0.5, 0.6) is 0 Å². The second kappa shape index (κ2) is 11.5. The lowest BCUT2D eigenvalue weighted by atomic mass is 9.86. The maximum Gasteiger partial charge on any atom is 0.411 e. The molecule has 1 aliphatic carbocycles. The fourth-order valence-electron chi connectivity index (χ4n) is 7.18. The molecule has 3 saturated heterocycles. The summed E-state index contributed by atoms with van der Waals surface area (Å²) in [4.78, 5) is 30.5. The fourth-order valence-corrected chi connectivity index (χ4v) is 7.18. The zero-order valence-corrected chi connectivity index (χ0v) is 23.5. The number of amides is 1. The number of piperidine rings is 2. The van der Waals surface area contributed by atoms with E-state index in [-0.39, 0.29) is 42.3 Å². The molecule has 1 aromatic rings. The number of benzene rings is 1. The number of ketones is 1. The van der Waals surface area contributed by atoms with Crippen LogP contribution in [0.25, 0.3) is 0 Å². The average Bonchev–Trinajstić information content (AvgIpc) is 3.66. The van der Waals surface area contributed by atoms with Gasteiger partial charge in [0, 0.05) is 31.7 Å². The van der Waals surface area contributed by atoms with Gasteiger partial charge in [0.1, 0.15) is 11.4 Å². The smallest absolute Gasteiger partial charge is 0.411 e. The van der Waals surface area contributed by atoms with Gasteiger partial charge in [0.2, 0.25) is 0 Å². The Balaban J connectivity index is 1.22. The lowest BCUT2D eigenvalue weighted by Gasteiger charge is -2.36. The summed E-state index contributed by atoms with van der Waals surface area (Å²) in [7, 11) is 0. The molecule has 0 N–H and O–H groups in total. The van der Waals surface area contributed by atoms with E-state index >= 15 is 4.39 Å². The molecule has 212 valence electrons. The van der Waals surface area contributed by atoms with Crippen molar-refractivity contribution in [2.45, 2.75) is 102 Å². The largest absolute Gasteiger partial charge is 0.444 e. The Hall–Kier alpha value is -2.50. The second-order valence-electron chi connectivity index (χ2n) is 13.0. The van der Waals surface area contributed by atoms with Crippen molar-refractivity contribution >= 4 is 11.9 Å². The first kappa shape index (κ1) is 28.0. The van der Waals surface area contributed by atoms with E-state index in [4.69, 9.17) is 9.47 Å². The van der Waals surface area contributed by atoms with E-state index < -0.39 is 23.7 Å². The van der Waals surface area contributed by atoms with Crippen LogP contribution in [-0.2, 0) is 20.7 Å². The van der Waals surface area contributed by atoms with Crippen LogP contribution >= 0.6 is 0 Å². The van der Waals surface area contributed by atoms with Crippen LogP contribution in [0.15, 0.2) is 18.2 Å². The molecule has 1 amide bonds. The van der Waals surface area contributed by atoms with Crippen molar-refractivity contribution in [3.8, 4) is 6.07 Å². The minimum atomic E-state index is -0.648. The summed E-state index contributed by atoms with van der Waals surface area (Å²) in [5.74, 6) is -0.680. The highest BCUT2D eigenvalue weighted by Crippen LogP contribution is 2.44. The van der Waals surface area contributed by atoms with E-state index in [1.165, 1.54) is 0 Å². The number of rotatable bonds is 7. The van der Waals surface area contributed by atoms with Gasteiger partial charge in [0.15, 0.2) is 5.78 Å². The molecule has 2 unspecified atom stereocenters. The van der Waals surface area contributed by atoms with Crippen molar-refractivity contribution in [1.29, 1.82) is 5.26 Å². The van der Waals surface area contributed by atoms with Crippen molar-refractivity contribution in [3.63, 3.8) is 0 Å². The summed E-state index contributed by atoms with van der Waals surface area (Å²) in [6, 6.07) is 7.58. The number of halogens is 1. The quantitative estimate of drug-likeness (QED) is 0.472. The predicted molar refractivity (Wildman–Crippen MR) is 145 cm³/mol. The molecule has 2 bridgehead atoms. The molecule has 4 fully saturated rings. The van der Waals surface area contributed by atoms with Crippen LogP contribution in [0.1, 0.15) is 82.8 Å². The minimum absolute atomic E-state index is 0.00587. The molecule has 6 atom stereocenters. The van der Waals surface area contributed by atoms with Crippen molar-refractivity contribution in [3.05, 3.63) is 35.1 Å². The number of hydrogen-bond acceptors (Lipinski definition) is 6. The Morgan fingerprint density at radius 2 is 2.03 bits per heavy atom. The summed E-state index contributed by atoms with van der Waals surface area (Å²) >= 11 is 0. The van der Waals surface area contributed by atoms with Gasteiger partial charge < -0.3 is 9.47 Å². The standard InChI is InChI=1S/C31H42FN3O4/c1-31(2,3)39-30(37)35-25-9-8-23(15-25)29(35)28(36)14-20(17-33)13-22-7-6-21(16-27(22)32)24-5-4-11-34(18-24)26-10-12-38-19-26/h6-7,16,20,23-26,29H,4-5,8-15,18-19H2,1-3H3/t20-,23+,24?,25-,26?,29+/m1/s1. The summed E-state index contributed by atoms with van der Waals surface area (Å²) in [6.45, 7) is 9.03. The number of carbonyl (C=O) groups excluding carboxylic acids is 2. The van der Waals surface area contributed by atoms with Gasteiger partial charge in [0.05, 0.1) is 24.6 Å². The van der Waals surface area contributed by atoms with Gasteiger partial charge in [-0.2, -0.15) is 5.26 Å². The molecule has 0 spiro atoms. The summed E-state index contributed by atoms with van der Waals surface area (Å²) in [5.41, 5.74) is 0.818. The number of Topliss-reactive ketones (excluding diaryl/α,β-unsaturated/α-hetero) is 1. The summed E-state index contributed by atoms with van der Waals surface area (Å²) in [6.07, 6.45) is 5.50. The van der Waals surface area contributed by atoms with Gasteiger partial charge >= 0.3 is 6.09 Å². The average molecular weight is 540 g/mol. The number of nitriles is 1. The Morgan fingerprint density at radius 3 is 2.72 bits per heavy atom. The molecule has 5 rings (SSSR count). The first-order valence-electron chi connectivity index (χ1n) is 14.7. The van der Waals surface area contributed by atoms with Crippen LogP contribution in [-0.4, -0.2) is 71.7 Å². The number of hydrogen-bond donors (Lipinski definition) is 0. The maximum absolute atomic E-state index is 15.3. The SMILES string of the molecule is CC(C)(C)OC(=O)N1[C@@H]2CC[C@@H](C2)[C@H]1C(=O)C[C@H](C#N)Cc1ccc(C2CCCN(C3CCOC3)C2)cc1F. The molecule has 1 saturated carbocycles. The monoisotopic (exact) mass is 539 g/mol. The van der Waals surface area contributed by atoms with Crippen LogP contribution in [0.2, 0.25) is 0 Å². The number of nitrogens with zero attached hydrogens (tertiary/aromatic N) is 3. The topological polar surface area (TPSA) is 82.9 Å². The summed E-state index contributed by atoms with van der Waals surface area (Å²) < 4.78 is 26.5. The Labute approximate surface area is 231 Å². The van der Waals surface area contributed by atoms with Gasteiger partial charge in [-0.3, -0.25) is 14.6 Å². The molecule has 4 aliphatic rings. The van der Waals surface area contributed by atoms with E-state index in [1.807, 2.05) is 26.8 Å². The van der Waals surface area contributed by atoms with Gasteiger partial charge in [0.25, 0.3) is 0 Å². The normalized spacial score (nSPS) is 29.8. The van der Waals surface area contributed by atoms with Gasteiger partial charge in [-0.1, -0.05) is 12.1 Å². The molecule has 0 aromatic heterocycles. The highest BCUT2D eigenvalue weighted by Gasteiger charge is 2.52. The van der Waals surface area contributed by atoms with Crippen LogP contribution in [0.3, 0.4) is 0 Å². The number of carbonyl (C=O) groups is 2. The molecule has 3 aliphatic heterocycles. The molecule has 1 aromatic carbocycles. The highest BCUT2D eigenvalue weighted by molar-refractivity contribution is 5.89. The van der Waals surface area contributed by atoms with Gasteiger partial charge in [-0.25, -0.2) is 9.18 Å². The van der Waals surface area contributed by atoms with Crippen LogP contribution < -0.4 is 0 Å². The van der Waals surface area contributed by atoms with E-state index in [2.05, 4.69) is 11.0 Å². The molecule has 7 nitrogen and oxygen atoms in total. The van der Waals surface area contributed by atoms with Crippen molar-refractivity contribution in [2.24, 2.45) is 11.8 Å². The van der Waals surface area contributed by atoms with Gasteiger partial charge in [-0.05, 0) is 101 Å². The van der Waals surface area contributed by atoms with E-state index in [0.717, 1.165) is 70.4 Å².